The molecule has 0 radical (unpaired) electrons. The van der Waals surface area contributed by atoms with Crippen LogP contribution in [0, 0.1) is 0 Å². The fraction of sp³-hybridized carbons (Fsp3) is 0.467. The van der Waals surface area contributed by atoms with E-state index in [0.717, 1.165) is 6.54 Å². The zero-order valence-electron chi connectivity index (χ0n) is 12.3. The van der Waals surface area contributed by atoms with Crippen molar-refractivity contribution in [1.82, 2.24) is 5.32 Å². The van der Waals surface area contributed by atoms with Gasteiger partial charge in [0.05, 0.1) is 26.2 Å². The quantitative estimate of drug-likeness (QED) is 0.670. The van der Waals surface area contributed by atoms with E-state index in [2.05, 4.69) is 10.6 Å². The van der Waals surface area contributed by atoms with Crippen molar-refractivity contribution in [1.29, 1.82) is 0 Å². The molecule has 1 fully saturated rings. The van der Waals surface area contributed by atoms with Crippen molar-refractivity contribution in [2.24, 2.45) is 5.73 Å². The van der Waals surface area contributed by atoms with Gasteiger partial charge in [-0.1, -0.05) is 0 Å². The van der Waals surface area contributed by atoms with Crippen LogP contribution in [-0.4, -0.2) is 44.2 Å². The van der Waals surface area contributed by atoms with Gasteiger partial charge in [0.15, 0.2) is 0 Å². The Bertz CT molecular complexity index is 498. The third-order valence-electron chi connectivity index (χ3n) is 3.19. The minimum Gasteiger partial charge on any atom is -0.493 e. The van der Waals surface area contributed by atoms with Crippen LogP contribution in [0.3, 0.4) is 0 Å². The number of carbonyl (C=O) groups is 2. The maximum absolute atomic E-state index is 11.9. The van der Waals surface area contributed by atoms with Crippen molar-refractivity contribution >= 4 is 17.5 Å². The number of anilines is 1. The minimum absolute atomic E-state index is 0.0603. The Kier molecular flexibility index (Phi) is 6.17. The average Bonchev–Trinajstić information content (AvgIpc) is 2.49. The van der Waals surface area contributed by atoms with Crippen molar-refractivity contribution in [3.05, 3.63) is 24.3 Å². The Morgan fingerprint density at radius 3 is 2.77 bits per heavy atom. The van der Waals surface area contributed by atoms with E-state index >= 15 is 0 Å². The molecule has 0 saturated carbocycles. The van der Waals surface area contributed by atoms with E-state index in [4.69, 9.17) is 15.2 Å². The molecule has 0 aliphatic carbocycles. The van der Waals surface area contributed by atoms with E-state index in [1.165, 1.54) is 0 Å². The summed E-state index contributed by atoms with van der Waals surface area (Å²) in [6, 6.07) is 7.03. The lowest BCUT2D eigenvalue weighted by molar-refractivity contribution is -0.118. The number of morpholine rings is 1. The van der Waals surface area contributed by atoms with Crippen LogP contribution in [0.15, 0.2) is 24.3 Å². The number of amides is 2. The smallest absolute Gasteiger partial charge is 0.226 e. The number of nitrogens with one attached hydrogen (secondary N) is 2. The molecule has 1 atom stereocenters. The van der Waals surface area contributed by atoms with Gasteiger partial charge in [0, 0.05) is 24.7 Å². The highest BCUT2D eigenvalue weighted by Crippen LogP contribution is 2.16. The van der Waals surface area contributed by atoms with Crippen molar-refractivity contribution in [3.63, 3.8) is 0 Å². The van der Waals surface area contributed by atoms with Crippen LogP contribution in [0.4, 0.5) is 5.69 Å². The third-order valence-corrected chi connectivity index (χ3v) is 3.19. The van der Waals surface area contributed by atoms with Gasteiger partial charge in [-0.05, 0) is 24.3 Å². The molecule has 1 unspecified atom stereocenters. The summed E-state index contributed by atoms with van der Waals surface area (Å²) in [5.74, 6) is 0.163. The maximum atomic E-state index is 11.9. The molecular weight excluding hydrogens is 286 g/mol. The first-order chi connectivity index (χ1) is 10.6. The number of rotatable bonds is 7. The fourth-order valence-corrected chi connectivity index (χ4v) is 2.09. The maximum Gasteiger partial charge on any atom is 0.226 e. The van der Waals surface area contributed by atoms with Crippen LogP contribution in [0.2, 0.25) is 0 Å². The lowest BCUT2D eigenvalue weighted by Crippen LogP contribution is -2.43. The molecule has 0 bridgehead atoms. The molecule has 0 spiro atoms. The van der Waals surface area contributed by atoms with E-state index in [-0.39, 0.29) is 25.0 Å². The molecule has 7 heteroatoms. The molecule has 1 aromatic rings. The predicted octanol–water partition coefficient (Wildman–Crippen LogP) is 0.258. The summed E-state index contributed by atoms with van der Waals surface area (Å²) in [6.07, 6.45) is 0.547. The zero-order chi connectivity index (χ0) is 15.8. The molecule has 1 saturated heterocycles. The molecule has 1 aliphatic rings. The molecule has 1 aliphatic heterocycles. The Labute approximate surface area is 129 Å². The van der Waals surface area contributed by atoms with Crippen LogP contribution < -0.4 is 21.1 Å². The number of primary amides is 1. The molecule has 0 aromatic heterocycles. The van der Waals surface area contributed by atoms with Gasteiger partial charge in [-0.15, -0.1) is 0 Å². The lowest BCUT2D eigenvalue weighted by atomic mass is 10.2. The molecule has 1 heterocycles. The molecule has 2 rings (SSSR count). The van der Waals surface area contributed by atoms with E-state index in [1.807, 2.05) is 0 Å². The number of nitrogens with two attached hydrogens (primary N) is 1. The monoisotopic (exact) mass is 307 g/mol. The van der Waals surface area contributed by atoms with Crippen LogP contribution in [0.25, 0.3) is 0 Å². The van der Waals surface area contributed by atoms with E-state index < -0.39 is 5.91 Å². The summed E-state index contributed by atoms with van der Waals surface area (Å²) in [4.78, 5) is 22.5. The van der Waals surface area contributed by atoms with Gasteiger partial charge in [0.2, 0.25) is 11.8 Å². The van der Waals surface area contributed by atoms with Gasteiger partial charge in [-0.3, -0.25) is 9.59 Å². The molecular formula is C15H21N3O4. The van der Waals surface area contributed by atoms with Gasteiger partial charge in [-0.2, -0.15) is 0 Å². The van der Waals surface area contributed by atoms with Gasteiger partial charge in [0.1, 0.15) is 5.75 Å². The summed E-state index contributed by atoms with van der Waals surface area (Å²) in [7, 11) is 0. The topological polar surface area (TPSA) is 103 Å². The highest BCUT2D eigenvalue weighted by Gasteiger charge is 2.16. The highest BCUT2D eigenvalue weighted by molar-refractivity contribution is 5.91. The second-order valence-corrected chi connectivity index (χ2v) is 5.07. The van der Waals surface area contributed by atoms with Crippen LogP contribution in [0.5, 0.6) is 5.75 Å². The Morgan fingerprint density at radius 1 is 1.36 bits per heavy atom. The Morgan fingerprint density at radius 2 is 2.14 bits per heavy atom. The predicted molar refractivity (Wildman–Crippen MR) is 81.6 cm³/mol. The molecule has 22 heavy (non-hydrogen) atoms. The van der Waals surface area contributed by atoms with Crippen molar-refractivity contribution in [3.8, 4) is 5.75 Å². The van der Waals surface area contributed by atoms with Gasteiger partial charge < -0.3 is 25.8 Å². The number of hydrogen-bond donors (Lipinski definition) is 3. The van der Waals surface area contributed by atoms with Crippen LogP contribution in [0.1, 0.15) is 12.8 Å². The van der Waals surface area contributed by atoms with Gasteiger partial charge in [-0.25, -0.2) is 0 Å². The third kappa shape index (κ3) is 5.71. The molecule has 2 amide bonds. The molecule has 120 valence electrons. The normalized spacial score (nSPS) is 17.7. The summed E-state index contributed by atoms with van der Waals surface area (Å²) in [5, 5.41) is 6.06. The highest BCUT2D eigenvalue weighted by atomic mass is 16.5. The molecule has 4 N–H and O–H groups in total. The summed E-state index contributed by atoms with van der Waals surface area (Å²) >= 11 is 0. The second kappa shape index (κ2) is 8.35. The minimum atomic E-state index is -0.399. The van der Waals surface area contributed by atoms with E-state index in [1.54, 1.807) is 24.3 Å². The number of benzene rings is 1. The Balaban J connectivity index is 1.75. The zero-order valence-corrected chi connectivity index (χ0v) is 12.3. The van der Waals surface area contributed by atoms with Crippen molar-refractivity contribution in [2.45, 2.75) is 18.9 Å². The van der Waals surface area contributed by atoms with Gasteiger partial charge in [0.25, 0.3) is 0 Å². The van der Waals surface area contributed by atoms with E-state index in [0.29, 0.717) is 31.1 Å². The summed E-state index contributed by atoms with van der Waals surface area (Å²) in [5.41, 5.74) is 5.73. The number of ether oxygens (including phenoxy) is 2. The van der Waals surface area contributed by atoms with Crippen LogP contribution >= 0.6 is 0 Å². The largest absolute Gasteiger partial charge is 0.493 e. The number of carbonyl (C=O) groups excluding carboxylic acids is 2. The van der Waals surface area contributed by atoms with E-state index in [9.17, 15) is 9.59 Å². The number of hydrogen-bond acceptors (Lipinski definition) is 5. The molecule has 7 nitrogen and oxygen atoms in total. The second-order valence-electron chi connectivity index (χ2n) is 5.07. The first kappa shape index (κ1) is 16.3. The summed E-state index contributed by atoms with van der Waals surface area (Å²) in [6.45, 7) is 2.26. The lowest BCUT2D eigenvalue weighted by Gasteiger charge is -2.23. The first-order valence-electron chi connectivity index (χ1n) is 7.25. The van der Waals surface area contributed by atoms with Crippen LogP contribution in [-0.2, 0) is 14.3 Å². The van der Waals surface area contributed by atoms with Crippen molar-refractivity contribution in [2.75, 3.05) is 31.7 Å². The van der Waals surface area contributed by atoms with Crippen molar-refractivity contribution < 1.29 is 19.1 Å². The molecule has 1 aromatic carbocycles. The van der Waals surface area contributed by atoms with Gasteiger partial charge >= 0.3 is 0 Å². The summed E-state index contributed by atoms with van der Waals surface area (Å²) < 4.78 is 10.7. The average molecular weight is 307 g/mol. The standard InChI is InChI=1S/C15H21N3O4/c16-14(19)5-7-22-13-3-1-11(2-4-13)18-15(20)9-12-10-21-8-6-17-12/h1-4,12,17H,5-10H2,(H2,16,19)(H,18,20). The SMILES string of the molecule is NC(=O)CCOc1ccc(NC(=O)CC2COCCN2)cc1. The Hall–Kier alpha value is -2.12. The fourth-order valence-electron chi connectivity index (χ4n) is 2.09. The first-order valence-corrected chi connectivity index (χ1v) is 7.25.